The highest BCUT2D eigenvalue weighted by molar-refractivity contribution is 5.79. The summed E-state index contributed by atoms with van der Waals surface area (Å²) in [5.74, 6) is 0.289. The molecule has 0 atom stereocenters. The van der Waals surface area contributed by atoms with Crippen LogP contribution in [0.3, 0.4) is 0 Å². The van der Waals surface area contributed by atoms with Gasteiger partial charge in [0.2, 0.25) is 5.91 Å². The fourth-order valence-corrected chi connectivity index (χ4v) is 4.04. The molecule has 0 bridgehead atoms. The van der Waals surface area contributed by atoms with Gasteiger partial charge in [-0.05, 0) is 49.4 Å². The first kappa shape index (κ1) is 9.68. The smallest absolute Gasteiger partial charge is 0.220 e. The first-order valence-electron chi connectivity index (χ1n) is 6.49. The Labute approximate surface area is 91.8 Å². The predicted molar refractivity (Wildman–Crippen MR) is 59.4 cm³/mol. The van der Waals surface area contributed by atoms with Crippen molar-refractivity contribution < 1.29 is 4.79 Å². The zero-order valence-corrected chi connectivity index (χ0v) is 9.48. The molecule has 3 aliphatic rings. The maximum Gasteiger partial charge on any atom is 0.220 e. The molecule has 3 fully saturated rings. The van der Waals surface area contributed by atoms with Gasteiger partial charge in [0.1, 0.15) is 0 Å². The van der Waals surface area contributed by atoms with Crippen LogP contribution in [0.2, 0.25) is 0 Å². The van der Waals surface area contributed by atoms with Gasteiger partial charge in [0.25, 0.3) is 0 Å². The monoisotopic (exact) mass is 207 g/mol. The summed E-state index contributed by atoms with van der Waals surface area (Å²) >= 11 is 0. The lowest BCUT2D eigenvalue weighted by molar-refractivity contribution is -0.120. The van der Waals surface area contributed by atoms with Crippen LogP contribution in [0.5, 0.6) is 0 Å². The molecule has 84 valence electrons. The van der Waals surface area contributed by atoms with Gasteiger partial charge in [-0.25, -0.2) is 0 Å². The van der Waals surface area contributed by atoms with Crippen molar-refractivity contribution in [1.82, 2.24) is 5.32 Å². The number of carbonyl (C=O) groups is 1. The molecule has 0 aromatic carbocycles. The van der Waals surface area contributed by atoms with Crippen LogP contribution >= 0.6 is 0 Å². The van der Waals surface area contributed by atoms with E-state index in [1.807, 2.05) is 0 Å². The lowest BCUT2D eigenvalue weighted by atomic mass is 9.62. The van der Waals surface area contributed by atoms with Crippen LogP contribution in [-0.2, 0) is 4.79 Å². The molecule has 3 rings (SSSR count). The minimum Gasteiger partial charge on any atom is -0.356 e. The molecule has 2 saturated carbocycles. The van der Waals surface area contributed by atoms with E-state index >= 15 is 0 Å². The third kappa shape index (κ3) is 1.58. The maximum atomic E-state index is 11.3. The minimum atomic E-state index is 0.289. The predicted octanol–water partition coefficient (Wildman–Crippen LogP) is 2.63. The third-order valence-electron chi connectivity index (χ3n) is 5.23. The number of hydrogen-bond acceptors (Lipinski definition) is 1. The summed E-state index contributed by atoms with van der Waals surface area (Å²) < 4.78 is 0. The third-order valence-corrected chi connectivity index (χ3v) is 5.23. The average Bonchev–Trinajstić information content (AvgIpc) is 2.81. The Hall–Kier alpha value is -0.530. The summed E-state index contributed by atoms with van der Waals surface area (Å²) in [6.45, 7) is 0.960. The summed E-state index contributed by atoms with van der Waals surface area (Å²) in [6, 6.07) is 0. The summed E-state index contributed by atoms with van der Waals surface area (Å²) in [6.07, 6.45) is 12.0. The average molecular weight is 207 g/mol. The zero-order chi connectivity index (χ0) is 10.4. The van der Waals surface area contributed by atoms with Crippen molar-refractivity contribution in [2.45, 2.75) is 57.8 Å². The molecule has 0 aromatic heterocycles. The van der Waals surface area contributed by atoms with E-state index < -0.39 is 0 Å². The number of hydrogen-bond donors (Lipinski definition) is 1. The van der Waals surface area contributed by atoms with Crippen LogP contribution in [0, 0.1) is 10.8 Å². The van der Waals surface area contributed by atoms with Crippen LogP contribution in [0.15, 0.2) is 0 Å². The van der Waals surface area contributed by atoms with E-state index in [9.17, 15) is 4.79 Å². The van der Waals surface area contributed by atoms with E-state index in [1.54, 1.807) is 0 Å². The molecule has 2 spiro atoms. The Morgan fingerprint density at radius 3 is 2.00 bits per heavy atom. The molecule has 2 nitrogen and oxygen atoms in total. The molecule has 1 amide bonds. The Morgan fingerprint density at radius 1 is 0.867 bits per heavy atom. The van der Waals surface area contributed by atoms with Crippen LogP contribution in [0.25, 0.3) is 0 Å². The molecular weight excluding hydrogens is 186 g/mol. The van der Waals surface area contributed by atoms with Crippen LogP contribution in [-0.4, -0.2) is 12.5 Å². The Bertz CT molecular complexity index is 268. The summed E-state index contributed by atoms with van der Waals surface area (Å²) in [4.78, 5) is 11.3. The SMILES string of the molecule is O=C1CC2(CCC3(CCCC3)CC2)CN1. The minimum absolute atomic E-state index is 0.289. The van der Waals surface area contributed by atoms with Crippen molar-refractivity contribution in [2.24, 2.45) is 10.8 Å². The summed E-state index contributed by atoms with van der Waals surface area (Å²) in [7, 11) is 0. The van der Waals surface area contributed by atoms with Crippen molar-refractivity contribution in [3.8, 4) is 0 Å². The van der Waals surface area contributed by atoms with Gasteiger partial charge in [-0.3, -0.25) is 4.79 Å². The van der Waals surface area contributed by atoms with Gasteiger partial charge in [0, 0.05) is 13.0 Å². The molecule has 0 radical (unpaired) electrons. The zero-order valence-electron chi connectivity index (χ0n) is 9.48. The quantitative estimate of drug-likeness (QED) is 0.650. The number of carbonyl (C=O) groups excluding carboxylic acids is 1. The van der Waals surface area contributed by atoms with Gasteiger partial charge in [-0.1, -0.05) is 12.8 Å². The Balaban J connectivity index is 1.67. The van der Waals surface area contributed by atoms with Gasteiger partial charge >= 0.3 is 0 Å². The molecule has 2 heteroatoms. The summed E-state index contributed by atoms with van der Waals surface area (Å²) in [5, 5.41) is 3.02. The molecule has 1 N–H and O–H groups in total. The fourth-order valence-electron chi connectivity index (χ4n) is 4.04. The van der Waals surface area contributed by atoms with Gasteiger partial charge in [0.05, 0.1) is 0 Å². The van der Waals surface area contributed by atoms with Gasteiger partial charge < -0.3 is 5.32 Å². The molecule has 1 saturated heterocycles. The Morgan fingerprint density at radius 2 is 1.47 bits per heavy atom. The van der Waals surface area contributed by atoms with E-state index in [-0.39, 0.29) is 5.91 Å². The second-order valence-corrected chi connectivity index (χ2v) is 6.16. The molecule has 1 aliphatic heterocycles. The number of amides is 1. The van der Waals surface area contributed by atoms with Crippen LogP contribution in [0.4, 0.5) is 0 Å². The van der Waals surface area contributed by atoms with Gasteiger partial charge in [0.15, 0.2) is 0 Å². The molecule has 0 aromatic rings. The first-order valence-corrected chi connectivity index (χ1v) is 6.49. The van der Waals surface area contributed by atoms with Crippen molar-refractivity contribution in [1.29, 1.82) is 0 Å². The highest BCUT2D eigenvalue weighted by Crippen LogP contribution is 2.55. The molecule has 1 heterocycles. The van der Waals surface area contributed by atoms with E-state index in [0.717, 1.165) is 13.0 Å². The van der Waals surface area contributed by atoms with Crippen LogP contribution < -0.4 is 5.32 Å². The topological polar surface area (TPSA) is 29.1 Å². The van der Waals surface area contributed by atoms with Crippen molar-refractivity contribution in [3.63, 3.8) is 0 Å². The van der Waals surface area contributed by atoms with Crippen LogP contribution in [0.1, 0.15) is 57.8 Å². The molecule has 2 aliphatic carbocycles. The first-order chi connectivity index (χ1) is 7.22. The van der Waals surface area contributed by atoms with E-state index in [4.69, 9.17) is 0 Å². The van der Waals surface area contributed by atoms with E-state index in [1.165, 1.54) is 51.4 Å². The van der Waals surface area contributed by atoms with E-state index in [2.05, 4.69) is 5.32 Å². The van der Waals surface area contributed by atoms with E-state index in [0.29, 0.717) is 10.8 Å². The molecular formula is C13H21NO. The Kier molecular flexibility index (Phi) is 2.08. The van der Waals surface area contributed by atoms with Gasteiger partial charge in [-0.15, -0.1) is 0 Å². The molecule has 15 heavy (non-hydrogen) atoms. The van der Waals surface area contributed by atoms with Crippen molar-refractivity contribution in [2.75, 3.05) is 6.54 Å². The second kappa shape index (κ2) is 3.23. The highest BCUT2D eigenvalue weighted by Gasteiger charge is 2.46. The maximum absolute atomic E-state index is 11.3. The van der Waals surface area contributed by atoms with Gasteiger partial charge in [-0.2, -0.15) is 0 Å². The lowest BCUT2D eigenvalue weighted by Crippen LogP contribution is -2.34. The number of nitrogens with one attached hydrogen (secondary N) is 1. The number of rotatable bonds is 0. The standard InChI is InChI=1S/C13H21NO/c15-11-9-13(10-14-11)7-5-12(6-8-13)3-1-2-4-12/h1-10H2,(H,14,15). The normalized spacial score (nSPS) is 32.4. The molecule has 0 unspecified atom stereocenters. The lowest BCUT2D eigenvalue weighted by Gasteiger charge is -2.42. The van der Waals surface area contributed by atoms with Crippen molar-refractivity contribution in [3.05, 3.63) is 0 Å². The largest absolute Gasteiger partial charge is 0.356 e. The van der Waals surface area contributed by atoms with Crippen molar-refractivity contribution >= 4 is 5.91 Å². The fraction of sp³-hybridized carbons (Fsp3) is 0.923. The summed E-state index contributed by atoms with van der Waals surface area (Å²) in [5.41, 5.74) is 1.07. The highest BCUT2D eigenvalue weighted by atomic mass is 16.1. The second-order valence-electron chi connectivity index (χ2n) is 6.16.